The van der Waals surface area contributed by atoms with Gasteiger partial charge in [0.05, 0.1) is 23.3 Å². The third-order valence-electron chi connectivity index (χ3n) is 2.08. The van der Waals surface area contributed by atoms with Gasteiger partial charge in [-0.3, -0.25) is 0 Å². The van der Waals surface area contributed by atoms with Crippen LogP contribution in [0.2, 0.25) is 5.02 Å². The maximum absolute atomic E-state index is 13.8. The minimum Gasteiger partial charge on any atom is -0.465 e. The van der Waals surface area contributed by atoms with Gasteiger partial charge in [0.1, 0.15) is 11.4 Å². The molecule has 0 aliphatic carbocycles. The summed E-state index contributed by atoms with van der Waals surface area (Å²) in [4.78, 5) is 23.1. The largest absolute Gasteiger partial charge is 0.465 e. The number of halogens is 2. The number of carbonyl (C=O) groups excluding carboxylic acids is 2. The van der Waals surface area contributed by atoms with Gasteiger partial charge in [0.15, 0.2) is 0 Å². The lowest BCUT2D eigenvalue weighted by atomic mass is 10.1. The smallest absolute Gasteiger partial charge is 0.341 e. The lowest BCUT2D eigenvalue weighted by molar-refractivity contribution is 0.00642. The Morgan fingerprint density at radius 1 is 1.16 bits per heavy atom. The van der Waals surface area contributed by atoms with Gasteiger partial charge in [-0.25, -0.2) is 14.0 Å². The van der Waals surface area contributed by atoms with Gasteiger partial charge in [-0.15, -0.1) is 0 Å². The monoisotopic (exact) mass is 288 g/mol. The molecular formula is C13H14ClFO4. The molecule has 0 fully saturated rings. The van der Waals surface area contributed by atoms with Crippen molar-refractivity contribution < 1.29 is 23.5 Å². The van der Waals surface area contributed by atoms with E-state index in [2.05, 4.69) is 4.74 Å². The highest BCUT2D eigenvalue weighted by atomic mass is 35.5. The molecule has 0 saturated heterocycles. The van der Waals surface area contributed by atoms with Crippen LogP contribution in [-0.2, 0) is 9.47 Å². The van der Waals surface area contributed by atoms with Crippen LogP contribution in [0.15, 0.2) is 12.1 Å². The van der Waals surface area contributed by atoms with Crippen molar-refractivity contribution in [3.63, 3.8) is 0 Å². The van der Waals surface area contributed by atoms with Gasteiger partial charge in [-0.1, -0.05) is 11.6 Å². The molecule has 0 saturated carbocycles. The van der Waals surface area contributed by atoms with E-state index in [0.717, 1.165) is 19.2 Å². The first kappa shape index (κ1) is 15.4. The summed E-state index contributed by atoms with van der Waals surface area (Å²) in [6.07, 6.45) is 0. The van der Waals surface area contributed by atoms with Crippen LogP contribution in [-0.4, -0.2) is 24.6 Å². The van der Waals surface area contributed by atoms with Gasteiger partial charge in [0, 0.05) is 0 Å². The second-order valence-electron chi connectivity index (χ2n) is 4.81. The molecule has 104 valence electrons. The minimum absolute atomic E-state index is 0.0749. The molecule has 0 atom stereocenters. The van der Waals surface area contributed by atoms with Gasteiger partial charge < -0.3 is 9.47 Å². The Morgan fingerprint density at radius 3 is 2.21 bits per heavy atom. The zero-order valence-corrected chi connectivity index (χ0v) is 11.8. The van der Waals surface area contributed by atoms with E-state index in [1.165, 1.54) is 0 Å². The van der Waals surface area contributed by atoms with Crippen LogP contribution in [0.5, 0.6) is 0 Å². The van der Waals surface area contributed by atoms with Crippen LogP contribution in [0.25, 0.3) is 0 Å². The van der Waals surface area contributed by atoms with Crippen molar-refractivity contribution in [3.05, 3.63) is 34.1 Å². The Kier molecular flexibility index (Phi) is 4.52. The van der Waals surface area contributed by atoms with E-state index in [9.17, 15) is 14.0 Å². The molecule has 0 spiro atoms. The third kappa shape index (κ3) is 3.92. The number of hydrogen-bond acceptors (Lipinski definition) is 4. The van der Waals surface area contributed by atoms with Crippen molar-refractivity contribution in [3.8, 4) is 0 Å². The molecule has 0 N–H and O–H groups in total. The summed E-state index contributed by atoms with van der Waals surface area (Å²) in [6.45, 7) is 4.98. The molecule has 0 amide bonds. The third-order valence-corrected chi connectivity index (χ3v) is 2.39. The zero-order chi connectivity index (χ0) is 14.8. The number of carbonyl (C=O) groups is 2. The van der Waals surface area contributed by atoms with E-state index in [0.29, 0.717) is 0 Å². The van der Waals surface area contributed by atoms with E-state index >= 15 is 0 Å². The second kappa shape index (κ2) is 5.57. The Labute approximate surface area is 115 Å². The van der Waals surface area contributed by atoms with Crippen LogP contribution in [0.3, 0.4) is 0 Å². The first-order valence-corrected chi connectivity index (χ1v) is 5.84. The lowest BCUT2D eigenvalue weighted by Crippen LogP contribution is -2.24. The fourth-order valence-electron chi connectivity index (χ4n) is 1.30. The fraction of sp³-hybridized carbons (Fsp3) is 0.385. The Balaban J connectivity index is 3.16. The van der Waals surface area contributed by atoms with Crippen LogP contribution >= 0.6 is 11.6 Å². The van der Waals surface area contributed by atoms with Gasteiger partial charge >= 0.3 is 11.9 Å². The molecule has 0 bridgehead atoms. The number of methoxy groups -OCH3 is 1. The second-order valence-corrected chi connectivity index (χ2v) is 5.21. The highest BCUT2D eigenvalue weighted by Crippen LogP contribution is 2.23. The summed E-state index contributed by atoms with van der Waals surface area (Å²) in [5, 5.41) is -0.0749. The van der Waals surface area contributed by atoms with Crippen molar-refractivity contribution in [2.24, 2.45) is 0 Å². The van der Waals surface area contributed by atoms with Crippen molar-refractivity contribution in [2.75, 3.05) is 7.11 Å². The van der Waals surface area contributed by atoms with Crippen LogP contribution in [0, 0.1) is 5.82 Å². The summed E-state index contributed by atoms with van der Waals surface area (Å²) in [7, 11) is 1.15. The van der Waals surface area contributed by atoms with Crippen LogP contribution in [0.1, 0.15) is 41.5 Å². The SMILES string of the molecule is COC(=O)c1cc(F)c(C(=O)OC(C)(C)C)cc1Cl. The molecule has 4 nitrogen and oxygen atoms in total. The summed E-state index contributed by atoms with van der Waals surface area (Å²) < 4.78 is 23.3. The maximum Gasteiger partial charge on any atom is 0.341 e. The Hall–Kier alpha value is -1.62. The van der Waals surface area contributed by atoms with Crippen molar-refractivity contribution in [2.45, 2.75) is 26.4 Å². The van der Waals surface area contributed by atoms with Gasteiger partial charge in [0.25, 0.3) is 0 Å². The minimum atomic E-state index is -0.890. The van der Waals surface area contributed by atoms with E-state index < -0.39 is 23.4 Å². The first-order chi connectivity index (χ1) is 8.65. The molecule has 6 heteroatoms. The van der Waals surface area contributed by atoms with Crippen molar-refractivity contribution in [1.82, 2.24) is 0 Å². The Bertz CT molecular complexity index is 520. The molecule has 1 aromatic carbocycles. The molecule has 1 aromatic rings. The zero-order valence-electron chi connectivity index (χ0n) is 11.0. The standard InChI is InChI=1S/C13H14ClFO4/c1-13(2,3)19-12(17)8-5-9(14)7(6-10(8)15)11(16)18-4/h5-6H,1-4H3. The fourth-order valence-corrected chi connectivity index (χ4v) is 1.54. The number of hydrogen-bond donors (Lipinski definition) is 0. The molecule has 0 heterocycles. The van der Waals surface area contributed by atoms with E-state index in [1.807, 2.05) is 0 Å². The normalized spacial score (nSPS) is 11.1. The number of benzene rings is 1. The number of rotatable bonds is 2. The molecule has 0 aliphatic rings. The summed E-state index contributed by atoms with van der Waals surface area (Å²) in [5.41, 5.74) is -1.22. The topological polar surface area (TPSA) is 52.6 Å². The quantitative estimate of drug-likeness (QED) is 0.784. The van der Waals surface area contributed by atoms with E-state index in [4.69, 9.17) is 16.3 Å². The maximum atomic E-state index is 13.8. The molecule has 0 radical (unpaired) electrons. The van der Waals surface area contributed by atoms with Gasteiger partial charge in [-0.05, 0) is 32.9 Å². The lowest BCUT2D eigenvalue weighted by Gasteiger charge is -2.19. The molecule has 0 aromatic heterocycles. The summed E-state index contributed by atoms with van der Waals surface area (Å²) >= 11 is 5.82. The number of esters is 2. The van der Waals surface area contributed by atoms with E-state index in [1.54, 1.807) is 20.8 Å². The van der Waals surface area contributed by atoms with Crippen molar-refractivity contribution in [1.29, 1.82) is 0 Å². The van der Waals surface area contributed by atoms with Gasteiger partial charge in [0.2, 0.25) is 0 Å². The van der Waals surface area contributed by atoms with Crippen LogP contribution < -0.4 is 0 Å². The predicted octanol–water partition coefficient (Wildman–Crippen LogP) is 3.22. The summed E-state index contributed by atoms with van der Waals surface area (Å²) in [5.74, 6) is -2.51. The highest BCUT2D eigenvalue weighted by Gasteiger charge is 2.23. The molecule has 1 rings (SSSR count). The van der Waals surface area contributed by atoms with Gasteiger partial charge in [-0.2, -0.15) is 0 Å². The predicted molar refractivity (Wildman–Crippen MR) is 67.9 cm³/mol. The average molecular weight is 289 g/mol. The molecule has 19 heavy (non-hydrogen) atoms. The first-order valence-electron chi connectivity index (χ1n) is 5.46. The van der Waals surface area contributed by atoms with Crippen LogP contribution in [0.4, 0.5) is 4.39 Å². The Morgan fingerprint density at radius 2 is 1.74 bits per heavy atom. The average Bonchev–Trinajstić information content (AvgIpc) is 2.28. The molecular weight excluding hydrogens is 275 g/mol. The van der Waals surface area contributed by atoms with E-state index in [-0.39, 0.29) is 16.1 Å². The highest BCUT2D eigenvalue weighted by molar-refractivity contribution is 6.34. The van der Waals surface area contributed by atoms with Crippen molar-refractivity contribution >= 4 is 23.5 Å². The number of ether oxygens (including phenoxy) is 2. The molecule has 0 unspecified atom stereocenters. The molecule has 0 aliphatic heterocycles. The summed E-state index contributed by atoms with van der Waals surface area (Å²) in [6, 6.07) is 1.91.